The zero-order valence-electron chi connectivity index (χ0n) is 24.4. The van der Waals surface area contributed by atoms with E-state index >= 15 is 0 Å². The number of aromatic nitrogens is 2. The van der Waals surface area contributed by atoms with Crippen LogP contribution in [0.15, 0.2) is 71.3 Å². The van der Waals surface area contributed by atoms with Gasteiger partial charge in [0.15, 0.2) is 5.69 Å². The van der Waals surface area contributed by atoms with Crippen LogP contribution < -0.4 is 15.1 Å². The number of nitrogens with zero attached hydrogens (tertiary/aromatic N) is 5. The Morgan fingerprint density at radius 2 is 1.72 bits per heavy atom. The molecule has 2 saturated heterocycles. The molecule has 0 radical (unpaired) electrons. The van der Waals surface area contributed by atoms with Gasteiger partial charge in [-0.3, -0.25) is 9.59 Å². The fraction of sp³-hybridized carbons (Fsp3) is 0.312. The Kier molecular flexibility index (Phi) is 8.61. The highest BCUT2D eigenvalue weighted by molar-refractivity contribution is 6.03. The van der Waals surface area contributed by atoms with Crippen LogP contribution in [0.4, 0.5) is 39.5 Å². The summed E-state index contributed by atoms with van der Waals surface area (Å²) in [6.07, 6.45) is -3.12. The predicted octanol–water partition coefficient (Wildman–Crippen LogP) is 5.50. The fourth-order valence-corrected chi connectivity index (χ4v) is 5.69. The molecule has 0 bridgehead atoms. The number of benzene rings is 2. The lowest BCUT2D eigenvalue weighted by atomic mass is 9.98. The maximum Gasteiger partial charge on any atom is 0.437 e. The zero-order valence-corrected chi connectivity index (χ0v) is 24.4. The first-order valence-corrected chi connectivity index (χ1v) is 14.7. The molecular weight excluding hydrogens is 611 g/mol. The van der Waals surface area contributed by atoms with Crippen molar-refractivity contribution in [2.24, 2.45) is 0 Å². The number of alkyl halides is 3. The van der Waals surface area contributed by atoms with E-state index in [-0.39, 0.29) is 36.5 Å². The summed E-state index contributed by atoms with van der Waals surface area (Å²) < 4.78 is 74.6. The van der Waals surface area contributed by atoms with E-state index in [1.54, 1.807) is 41.3 Å². The number of rotatable bonds is 7. The van der Waals surface area contributed by atoms with Gasteiger partial charge in [-0.1, -0.05) is 30.3 Å². The number of pyridine rings is 1. The topological polar surface area (TPSA) is 94.8 Å². The third kappa shape index (κ3) is 6.80. The zero-order chi connectivity index (χ0) is 32.4. The van der Waals surface area contributed by atoms with Crippen LogP contribution in [-0.2, 0) is 17.4 Å². The molecule has 1 atom stereocenters. The first-order valence-electron chi connectivity index (χ1n) is 14.7. The molecule has 14 heteroatoms. The summed E-state index contributed by atoms with van der Waals surface area (Å²) in [5, 5.41) is 2.40. The van der Waals surface area contributed by atoms with Crippen LogP contribution in [0, 0.1) is 11.6 Å². The van der Waals surface area contributed by atoms with Crippen molar-refractivity contribution in [2.75, 3.05) is 54.4 Å². The number of oxazole rings is 1. The van der Waals surface area contributed by atoms with Crippen molar-refractivity contribution in [3.05, 3.63) is 101 Å². The molecule has 6 rings (SSSR count). The number of hydrogen-bond donors (Lipinski definition) is 1. The minimum Gasteiger partial charge on any atom is -0.417 e. The molecule has 2 fully saturated rings. The van der Waals surface area contributed by atoms with Gasteiger partial charge in [-0.05, 0) is 47.9 Å². The summed E-state index contributed by atoms with van der Waals surface area (Å²) in [5.74, 6) is -2.70. The highest BCUT2D eigenvalue weighted by atomic mass is 19.4. The lowest BCUT2D eigenvalue weighted by Crippen LogP contribution is -2.49. The lowest BCUT2D eigenvalue weighted by molar-refractivity contribution is -0.141. The number of carbonyl (C=O) groups is 2. The van der Waals surface area contributed by atoms with Crippen molar-refractivity contribution in [3.8, 4) is 0 Å². The third-order valence-electron chi connectivity index (χ3n) is 8.13. The van der Waals surface area contributed by atoms with Crippen molar-refractivity contribution < 1.29 is 36.0 Å². The van der Waals surface area contributed by atoms with E-state index in [2.05, 4.69) is 15.3 Å². The number of anilines is 3. The summed E-state index contributed by atoms with van der Waals surface area (Å²) in [7, 11) is 0. The molecule has 2 aliphatic heterocycles. The summed E-state index contributed by atoms with van der Waals surface area (Å²) >= 11 is 0. The molecule has 46 heavy (non-hydrogen) atoms. The number of hydrogen-bond acceptors (Lipinski definition) is 7. The second-order valence-electron chi connectivity index (χ2n) is 11.2. The maximum atomic E-state index is 13.9. The lowest BCUT2D eigenvalue weighted by Gasteiger charge is -2.35. The first kappa shape index (κ1) is 31.0. The van der Waals surface area contributed by atoms with Gasteiger partial charge in [0.05, 0.1) is 18.3 Å². The van der Waals surface area contributed by atoms with Gasteiger partial charge >= 0.3 is 6.18 Å². The summed E-state index contributed by atoms with van der Waals surface area (Å²) in [4.78, 5) is 38.7. The van der Waals surface area contributed by atoms with Gasteiger partial charge in [-0.25, -0.2) is 13.8 Å². The van der Waals surface area contributed by atoms with Gasteiger partial charge in [0, 0.05) is 45.2 Å². The van der Waals surface area contributed by atoms with E-state index in [0.717, 1.165) is 0 Å². The molecule has 9 nitrogen and oxygen atoms in total. The van der Waals surface area contributed by atoms with Crippen molar-refractivity contribution in [1.29, 1.82) is 0 Å². The van der Waals surface area contributed by atoms with Gasteiger partial charge in [0.2, 0.25) is 11.7 Å². The maximum absolute atomic E-state index is 13.9. The Morgan fingerprint density at radius 1 is 0.935 bits per heavy atom. The van der Waals surface area contributed by atoms with Crippen LogP contribution in [0.1, 0.15) is 39.7 Å². The number of amides is 2. The SMILES string of the molecule is O=C(Nc1ccc(N2CCN(C(=O)Cc3ccccc3F)CC2)nc1)c1oc(N2CCC(c3cccc(F)c3)C2)nc1C(F)(F)F. The largest absolute Gasteiger partial charge is 0.437 e. The number of carbonyl (C=O) groups excluding carboxylic acids is 2. The minimum absolute atomic E-state index is 0.0322. The van der Waals surface area contributed by atoms with Gasteiger partial charge in [-0.2, -0.15) is 18.2 Å². The quantitative estimate of drug-likeness (QED) is 0.267. The third-order valence-corrected chi connectivity index (χ3v) is 8.13. The molecule has 0 spiro atoms. The van der Waals surface area contributed by atoms with E-state index in [9.17, 15) is 31.5 Å². The van der Waals surface area contributed by atoms with Gasteiger partial charge in [0.1, 0.15) is 17.5 Å². The summed E-state index contributed by atoms with van der Waals surface area (Å²) in [6, 6.07) is 15.0. The van der Waals surface area contributed by atoms with Crippen LogP contribution in [-0.4, -0.2) is 66.0 Å². The summed E-state index contributed by atoms with van der Waals surface area (Å²) in [6.45, 7) is 2.31. The Bertz CT molecular complexity index is 1720. The minimum atomic E-state index is -4.95. The van der Waals surface area contributed by atoms with Crippen molar-refractivity contribution in [1.82, 2.24) is 14.9 Å². The van der Waals surface area contributed by atoms with E-state index < -0.39 is 35.2 Å². The number of piperazine rings is 1. The summed E-state index contributed by atoms with van der Waals surface area (Å²) in [5.41, 5.74) is -0.245. The molecule has 2 aromatic carbocycles. The smallest absolute Gasteiger partial charge is 0.417 e. The molecule has 1 N–H and O–H groups in total. The van der Waals surface area contributed by atoms with Gasteiger partial charge < -0.3 is 24.4 Å². The van der Waals surface area contributed by atoms with Gasteiger partial charge in [-0.15, -0.1) is 0 Å². The molecule has 240 valence electrons. The van der Waals surface area contributed by atoms with Crippen LogP contribution in [0.5, 0.6) is 0 Å². The molecule has 0 saturated carbocycles. The first-order chi connectivity index (χ1) is 22.0. The van der Waals surface area contributed by atoms with Gasteiger partial charge in [0.25, 0.3) is 11.9 Å². The Labute approximate surface area is 260 Å². The normalized spacial score (nSPS) is 17.0. The predicted molar refractivity (Wildman–Crippen MR) is 159 cm³/mol. The Morgan fingerprint density at radius 3 is 2.41 bits per heavy atom. The molecule has 4 heterocycles. The molecule has 2 amide bonds. The van der Waals surface area contributed by atoms with E-state index in [1.807, 2.05) is 4.90 Å². The van der Waals surface area contributed by atoms with Crippen LogP contribution in [0.3, 0.4) is 0 Å². The monoisotopic (exact) mass is 640 g/mol. The van der Waals surface area contributed by atoms with Crippen molar-refractivity contribution in [2.45, 2.75) is 24.9 Å². The molecule has 2 aromatic heterocycles. The molecule has 4 aromatic rings. The van der Waals surface area contributed by atoms with Crippen LogP contribution in [0.25, 0.3) is 0 Å². The highest BCUT2D eigenvalue weighted by Crippen LogP contribution is 2.37. The number of nitrogens with one attached hydrogen (secondary N) is 1. The molecule has 0 aliphatic carbocycles. The second-order valence-corrected chi connectivity index (χ2v) is 11.2. The molecule has 2 aliphatic rings. The Hall–Kier alpha value is -5.01. The second kappa shape index (κ2) is 12.8. The average molecular weight is 641 g/mol. The standard InChI is InChI=1S/C32H29F5N6O3/c33-23-6-3-5-20(16-23)22-10-11-43(19-22)31-40-29(32(35,36)37)28(46-31)30(45)39-24-8-9-26(38-18-24)41-12-14-42(15-13-41)27(44)17-21-4-1-2-7-25(21)34/h1-9,16,18,22H,10-15,17,19H2,(H,39,45). The van der Waals surface area contributed by atoms with E-state index in [1.165, 1.54) is 35.4 Å². The van der Waals surface area contributed by atoms with Crippen LogP contribution in [0.2, 0.25) is 0 Å². The molecule has 1 unspecified atom stereocenters. The van der Waals surface area contributed by atoms with Crippen LogP contribution >= 0.6 is 0 Å². The molecular formula is C32H29F5N6O3. The van der Waals surface area contributed by atoms with Crippen molar-refractivity contribution >= 4 is 29.3 Å². The highest BCUT2D eigenvalue weighted by Gasteiger charge is 2.42. The van der Waals surface area contributed by atoms with E-state index in [4.69, 9.17) is 4.42 Å². The fourth-order valence-electron chi connectivity index (χ4n) is 5.69. The van der Waals surface area contributed by atoms with E-state index in [0.29, 0.717) is 56.1 Å². The average Bonchev–Trinajstić information content (AvgIpc) is 3.71. The van der Waals surface area contributed by atoms with Crippen molar-refractivity contribution in [3.63, 3.8) is 0 Å². The Balaban J connectivity index is 1.07. The number of halogens is 5.